The van der Waals surface area contributed by atoms with Crippen LogP contribution in [-0.2, 0) is 4.74 Å². The van der Waals surface area contributed by atoms with Crippen molar-refractivity contribution in [3.05, 3.63) is 11.5 Å². The molecular weight excluding hydrogens is 214 g/mol. The largest absolute Gasteiger partial charge is 0.481 e. The maximum Gasteiger partial charge on any atom is 0.282 e. The van der Waals surface area contributed by atoms with Crippen molar-refractivity contribution >= 4 is 0 Å². The molecule has 0 aromatic carbocycles. The second-order valence-electron chi connectivity index (χ2n) is 6.33. The van der Waals surface area contributed by atoms with Crippen LogP contribution >= 0.6 is 0 Å². The Morgan fingerprint density at radius 3 is 2.88 bits per heavy atom. The molecule has 0 aromatic heterocycles. The van der Waals surface area contributed by atoms with Crippen LogP contribution in [-0.4, -0.2) is 40.9 Å². The average Bonchev–Trinajstić information content (AvgIpc) is 2.76. The zero-order chi connectivity index (χ0) is 11.5. The second-order valence-corrected chi connectivity index (χ2v) is 6.33. The van der Waals surface area contributed by atoms with Gasteiger partial charge in [0.2, 0.25) is 0 Å². The molecule has 3 nitrogen and oxygen atoms in total. The molecule has 4 aliphatic rings. The van der Waals surface area contributed by atoms with Gasteiger partial charge >= 0.3 is 0 Å². The Kier molecular flexibility index (Phi) is 1.92. The summed E-state index contributed by atoms with van der Waals surface area (Å²) in [7, 11) is 0. The molecule has 0 aliphatic carbocycles. The van der Waals surface area contributed by atoms with E-state index >= 15 is 0 Å². The predicted molar refractivity (Wildman–Crippen MR) is 64.4 cm³/mol. The molecule has 17 heavy (non-hydrogen) atoms. The highest BCUT2D eigenvalue weighted by molar-refractivity contribution is 5.29. The fourth-order valence-corrected chi connectivity index (χ4v) is 5.33. The maximum atomic E-state index is 10.2. The molecule has 0 radical (unpaired) electrons. The van der Waals surface area contributed by atoms with E-state index in [4.69, 9.17) is 4.74 Å². The van der Waals surface area contributed by atoms with Crippen LogP contribution in [0, 0.1) is 0 Å². The number of aliphatic hydroxyl groups is 1. The Bertz CT molecular complexity index is 392. The van der Waals surface area contributed by atoms with Crippen molar-refractivity contribution in [1.29, 1.82) is 0 Å². The first kappa shape index (κ1) is 10.2. The highest BCUT2D eigenvalue weighted by Crippen LogP contribution is 2.56. The maximum absolute atomic E-state index is 10.2. The third kappa shape index (κ3) is 1.03. The van der Waals surface area contributed by atoms with Crippen molar-refractivity contribution in [2.24, 2.45) is 0 Å². The minimum Gasteiger partial charge on any atom is -0.481 e. The Labute approximate surface area is 103 Å². The number of hydrogen-bond acceptors (Lipinski definition) is 2. The van der Waals surface area contributed by atoms with Crippen molar-refractivity contribution in [2.75, 3.05) is 19.6 Å². The van der Waals surface area contributed by atoms with Crippen LogP contribution in [0.3, 0.4) is 0 Å². The van der Waals surface area contributed by atoms with Gasteiger partial charge in [-0.25, -0.2) is 0 Å². The molecule has 94 valence electrons. The fourth-order valence-electron chi connectivity index (χ4n) is 5.33. The van der Waals surface area contributed by atoms with Crippen LogP contribution in [0.4, 0.5) is 0 Å². The topological polar surface area (TPSA) is 29.5 Å². The summed E-state index contributed by atoms with van der Waals surface area (Å²) in [6, 6.07) is 0. The molecule has 4 rings (SSSR count). The zero-order valence-electron chi connectivity index (χ0n) is 10.5. The predicted octanol–water partition coefficient (Wildman–Crippen LogP) is 2.48. The van der Waals surface area contributed by atoms with Crippen molar-refractivity contribution in [1.82, 2.24) is 0 Å². The summed E-state index contributed by atoms with van der Waals surface area (Å²) in [6.07, 6.45) is 8.89. The number of nitrogens with zero attached hydrogens (tertiary/aromatic N) is 1. The summed E-state index contributed by atoms with van der Waals surface area (Å²) in [6.45, 7) is 3.95. The Morgan fingerprint density at radius 1 is 1.12 bits per heavy atom. The molecule has 3 heteroatoms. The van der Waals surface area contributed by atoms with Crippen LogP contribution in [0.15, 0.2) is 11.5 Å². The van der Waals surface area contributed by atoms with Gasteiger partial charge in [0, 0.05) is 19.3 Å². The van der Waals surface area contributed by atoms with E-state index in [1.807, 2.05) is 0 Å². The lowest BCUT2D eigenvalue weighted by molar-refractivity contribution is -0.965. The van der Waals surface area contributed by atoms with Crippen molar-refractivity contribution in [2.45, 2.75) is 56.6 Å². The summed E-state index contributed by atoms with van der Waals surface area (Å²) in [5.41, 5.74) is 1.48. The number of quaternary nitrogens is 1. The van der Waals surface area contributed by atoms with Gasteiger partial charge in [0.05, 0.1) is 25.2 Å². The molecule has 1 N–H and O–H groups in total. The van der Waals surface area contributed by atoms with E-state index in [1.54, 1.807) is 0 Å². The Balaban J connectivity index is 1.92. The summed E-state index contributed by atoms with van der Waals surface area (Å²) in [5, 5.41) is 10.2. The van der Waals surface area contributed by atoms with Gasteiger partial charge in [0.25, 0.3) is 5.95 Å². The van der Waals surface area contributed by atoms with Crippen molar-refractivity contribution in [3.63, 3.8) is 0 Å². The standard InChI is InChI=1S/C14H21NO2/c16-13-11-5-1-2-8-15-9-3-6-12(17-13)14(11,15)7-4-10-15/h12H,1-10H2/p+1. The van der Waals surface area contributed by atoms with Gasteiger partial charge in [-0.15, -0.1) is 0 Å². The summed E-state index contributed by atoms with van der Waals surface area (Å²) >= 11 is 0. The van der Waals surface area contributed by atoms with Crippen LogP contribution in [0.1, 0.15) is 44.9 Å². The van der Waals surface area contributed by atoms with Gasteiger partial charge in [-0.1, -0.05) is 0 Å². The highest BCUT2D eigenvalue weighted by atomic mass is 16.6. The van der Waals surface area contributed by atoms with E-state index in [1.165, 1.54) is 61.8 Å². The monoisotopic (exact) mass is 236 g/mol. The Hall–Kier alpha value is -0.700. The molecule has 0 amide bonds. The first-order valence-electron chi connectivity index (χ1n) is 7.24. The molecule has 4 heterocycles. The van der Waals surface area contributed by atoms with Gasteiger partial charge in [0.1, 0.15) is 0 Å². The van der Waals surface area contributed by atoms with Gasteiger partial charge < -0.3 is 14.3 Å². The van der Waals surface area contributed by atoms with E-state index in [0.717, 1.165) is 12.8 Å². The lowest BCUT2D eigenvalue weighted by Crippen LogP contribution is -2.68. The van der Waals surface area contributed by atoms with E-state index < -0.39 is 0 Å². The summed E-state index contributed by atoms with van der Waals surface area (Å²) < 4.78 is 7.10. The molecule has 0 bridgehead atoms. The quantitative estimate of drug-likeness (QED) is 0.655. The second kappa shape index (κ2) is 3.19. The van der Waals surface area contributed by atoms with Crippen LogP contribution in [0.5, 0.6) is 0 Å². The molecular formula is C14H22NO2+. The molecule has 4 aliphatic heterocycles. The number of hydrogen-bond donors (Lipinski definition) is 1. The number of rotatable bonds is 0. The van der Waals surface area contributed by atoms with E-state index in [9.17, 15) is 5.11 Å². The normalized spacial score (nSPS) is 48.4. The minimum atomic E-state index is 0.193. The van der Waals surface area contributed by atoms with Crippen molar-refractivity contribution < 1.29 is 14.3 Å². The van der Waals surface area contributed by atoms with Crippen LogP contribution in [0.25, 0.3) is 0 Å². The van der Waals surface area contributed by atoms with Gasteiger partial charge in [-0.3, -0.25) is 0 Å². The lowest BCUT2D eigenvalue weighted by Gasteiger charge is -2.52. The number of ether oxygens (including phenoxy) is 1. The number of piperidine rings is 1. The molecule has 3 fully saturated rings. The third-order valence-electron chi connectivity index (χ3n) is 5.87. The average molecular weight is 236 g/mol. The zero-order valence-corrected chi connectivity index (χ0v) is 10.5. The first-order valence-corrected chi connectivity index (χ1v) is 7.24. The highest BCUT2D eigenvalue weighted by Gasteiger charge is 2.68. The van der Waals surface area contributed by atoms with E-state index in [0.29, 0.717) is 5.95 Å². The van der Waals surface area contributed by atoms with E-state index in [-0.39, 0.29) is 11.6 Å². The molecule has 0 saturated carbocycles. The summed E-state index contributed by atoms with van der Waals surface area (Å²) in [5.74, 6) is 0.309. The first-order chi connectivity index (χ1) is 8.29. The molecule has 1 spiro atoms. The SMILES string of the molecule is OC1=C2CCCC[N+]34CCCC(O1)C23CCC4. The van der Waals surface area contributed by atoms with E-state index in [2.05, 4.69) is 0 Å². The van der Waals surface area contributed by atoms with Crippen LogP contribution < -0.4 is 0 Å². The molecule has 3 atom stereocenters. The fraction of sp³-hybridized carbons (Fsp3) is 0.857. The molecule has 0 aromatic rings. The van der Waals surface area contributed by atoms with Crippen molar-refractivity contribution in [3.8, 4) is 0 Å². The van der Waals surface area contributed by atoms with Gasteiger partial charge in [-0.2, -0.15) is 0 Å². The minimum absolute atomic E-state index is 0.193. The smallest absolute Gasteiger partial charge is 0.282 e. The molecule has 3 saturated heterocycles. The van der Waals surface area contributed by atoms with Gasteiger partial charge in [-0.05, 0) is 25.7 Å². The van der Waals surface area contributed by atoms with Crippen LogP contribution in [0.2, 0.25) is 0 Å². The van der Waals surface area contributed by atoms with Gasteiger partial charge in [0.15, 0.2) is 11.6 Å². The summed E-state index contributed by atoms with van der Waals surface area (Å²) in [4.78, 5) is 0. The number of aliphatic hydroxyl groups excluding tert-OH is 1. The molecule has 3 unspecified atom stereocenters. The third-order valence-corrected chi connectivity index (χ3v) is 5.87. The lowest BCUT2D eigenvalue weighted by atomic mass is 9.76. The Morgan fingerprint density at radius 2 is 1.94 bits per heavy atom.